The third-order valence-electron chi connectivity index (χ3n) is 3.15. The molecule has 1 aromatic carbocycles. The van der Waals surface area contributed by atoms with E-state index < -0.39 is 22.0 Å². The number of carbonyl (C=O) groups is 1. The van der Waals surface area contributed by atoms with Crippen LogP contribution >= 0.6 is 12.4 Å². The summed E-state index contributed by atoms with van der Waals surface area (Å²) in [7, 11) is -3.48. The number of hydrogen-bond acceptors (Lipinski definition) is 5. The Labute approximate surface area is 144 Å². The number of nitrogens with two attached hydrogens (primary N) is 1. The summed E-state index contributed by atoms with van der Waals surface area (Å²) >= 11 is 0. The van der Waals surface area contributed by atoms with E-state index >= 15 is 0 Å². The van der Waals surface area contributed by atoms with Crippen LogP contribution in [0, 0.1) is 6.92 Å². The molecule has 8 heteroatoms. The molecular weight excluding hydrogens is 340 g/mol. The number of esters is 1. The van der Waals surface area contributed by atoms with Gasteiger partial charge in [-0.2, -0.15) is 0 Å². The van der Waals surface area contributed by atoms with Gasteiger partial charge in [-0.3, -0.25) is 4.79 Å². The molecule has 0 saturated heterocycles. The van der Waals surface area contributed by atoms with Gasteiger partial charge in [0.15, 0.2) is 0 Å². The average Bonchev–Trinajstić information content (AvgIpc) is 2.47. The van der Waals surface area contributed by atoms with E-state index in [1.54, 1.807) is 31.2 Å². The fraction of sp³-hybridized carbons (Fsp3) is 0.533. The predicted molar refractivity (Wildman–Crippen MR) is 92.1 cm³/mol. The van der Waals surface area contributed by atoms with Crippen molar-refractivity contribution in [1.82, 2.24) is 4.72 Å². The van der Waals surface area contributed by atoms with Gasteiger partial charge in [0.2, 0.25) is 10.0 Å². The van der Waals surface area contributed by atoms with Gasteiger partial charge in [0.25, 0.3) is 0 Å². The van der Waals surface area contributed by atoms with Crippen molar-refractivity contribution in [3.63, 3.8) is 0 Å². The number of rotatable bonds is 9. The molecule has 3 N–H and O–H groups in total. The zero-order valence-electron chi connectivity index (χ0n) is 13.4. The van der Waals surface area contributed by atoms with Gasteiger partial charge in [0, 0.05) is 6.54 Å². The van der Waals surface area contributed by atoms with Crippen molar-refractivity contribution in [3.05, 3.63) is 29.8 Å². The maximum atomic E-state index is 12.0. The summed E-state index contributed by atoms with van der Waals surface area (Å²) in [4.78, 5) is 11.6. The number of aryl methyl sites for hydroxylation is 1. The standard InChI is InChI=1S/C15H24N2O4S.ClH/c1-3-21-15(18)14(16)6-4-5-11-17-22(19,20)13-9-7-12(2)8-10-13;/h7-10,14,17H,3-6,11,16H2,1-2H3;1H/t14-;/m0./s1. The van der Waals surface area contributed by atoms with Gasteiger partial charge in [-0.05, 0) is 38.8 Å². The molecule has 1 atom stereocenters. The van der Waals surface area contributed by atoms with Crippen LogP contribution in [0.4, 0.5) is 0 Å². The zero-order valence-corrected chi connectivity index (χ0v) is 15.1. The molecule has 0 saturated carbocycles. The smallest absolute Gasteiger partial charge is 0.322 e. The quantitative estimate of drug-likeness (QED) is 0.514. The van der Waals surface area contributed by atoms with Crippen molar-refractivity contribution in [2.75, 3.05) is 13.2 Å². The van der Waals surface area contributed by atoms with Gasteiger partial charge < -0.3 is 10.5 Å². The monoisotopic (exact) mass is 364 g/mol. The summed E-state index contributed by atoms with van der Waals surface area (Å²) in [5.74, 6) is -0.414. The molecule has 0 spiro atoms. The average molecular weight is 365 g/mol. The van der Waals surface area contributed by atoms with E-state index in [-0.39, 0.29) is 17.3 Å². The molecule has 0 amide bonds. The number of ether oxygens (including phenoxy) is 1. The normalized spacial score (nSPS) is 12.3. The second-order valence-electron chi connectivity index (χ2n) is 5.07. The number of nitrogens with one attached hydrogen (secondary N) is 1. The maximum Gasteiger partial charge on any atom is 0.322 e. The van der Waals surface area contributed by atoms with Gasteiger partial charge in [0.05, 0.1) is 11.5 Å². The molecule has 6 nitrogen and oxygen atoms in total. The number of halogens is 1. The molecule has 132 valence electrons. The number of unbranched alkanes of at least 4 members (excludes halogenated alkanes) is 1. The number of carbonyl (C=O) groups excluding carboxylic acids is 1. The molecule has 1 rings (SSSR count). The van der Waals surface area contributed by atoms with E-state index in [4.69, 9.17) is 10.5 Å². The molecule has 0 fully saturated rings. The minimum atomic E-state index is -3.48. The maximum absolute atomic E-state index is 12.0. The van der Waals surface area contributed by atoms with Crippen molar-refractivity contribution >= 4 is 28.4 Å². The van der Waals surface area contributed by atoms with Gasteiger partial charge in [-0.15, -0.1) is 12.4 Å². The summed E-state index contributed by atoms with van der Waals surface area (Å²) in [5.41, 5.74) is 6.67. The second kappa shape index (κ2) is 10.6. The topological polar surface area (TPSA) is 98.5 Å². The van der Waals surface area contributed by atoms with Crippen LogP contribution in [0.1, 0.15) is 31.7 Å². The van der Waals surface area contributed by atoms with Crippen molar-refractivity contribution < 1.29 is 17.9 Å². The van der Waals surface area contributed by atoms with Crippen molar-refractivity contribution in [1.29, 1.82) is 0 Å². The van der Waals surface area contributed by atoms with Crippen LogP contribution in [0.25, 0.3) is 0 Å². The van der Waals surface area contributed by atoms with Crippen LogP contribution in [0.2, 0.25) is 0 Å². The van der Waals surface area contributed by atoms with E-state index in [1.165, 1.54) is 0 Å². The number of sulfonamides is 1. The Morgan fingerprint density at radius 2 is 1.87 bits per heavy atom. The summed E-state index contributed by atoms with van der Waals surface area (Å²) in [6, 6.07) is 6.02. The highest BCUT2D eigenvalue weighted by Crippen LogP contribution is 2.10. The van der Waals surface area contributed by atoms with Crippen molar-refractivity contribution in [3.8, 4) is 0 Å². The Morgan fingerprint density at radius 3 is 2.43 bits per heavy atom. The fourth-order valence-corrected chi connectivity index (χ4v) is 2.94. The molecule has 0 aliphatic rings. The van der Waals surface area contributed by atoms with E-state index in [9.17, 15) is 13.2 Å². The molecular formula is C15H25ClN2O4S. The highest BCUT2D eigenvalue weighted by molar-refractivity contribution is 7.89. The number of benzene rings is 1. The summed E-state index contributed by atoms with van der Waals surface area (Å²) < 4.78 is 31.4. The first-order valence-corrected chi connectivity index (χ1v) is 8.83. The Hall–Kier alpha value is -1.15. The molecule has 0 unspecified atom stereocenters. The lowest BCUT2D eigenvalue weighted by Crippen LogP contribution is -2.32. The van der Waals surface area contributed by atoms with Gasteiger partial charge in [0.1, 0.15) is 6.04 Å². The van der Waals surface area contributed by atoms with Crippen LogP contribution in [-0.4, -0.2) is 33.6 Å². The lowest BCUT2D eigenvalue weighted by Gasteiger charge is -2.10. The van der Waals surface area contributed by atoms with E-state index in [0.29, 0.717) is 32.4 Å². The zero-order chi connectivity index (χ0) is 16.6. The summed E-state index contributed by atoms with van der Waals surface area (Å²) in [6.07, 6.45) is 1.74. The lowest BCUT2D eigenvalue weighted by atomic mass is 10.1. The molecule has 0 aliphatic carbocycles. The van der Waals surface area contributed by atoms with Gasteiger partial charge >= 0.3 is 5.97 Å². The third kappa shape index (κ3) is 7.78. The van der Waals surface area contributed by atoms with Crippen molar-refractivity contribution in [2.45, 2.75) is 44.0 Å². The second-order valence-corrected chi connectivity index (χ2v) is 6.83. The molecule has 0 aromatic heterocycles. The Morgan fingerprint density at radius 1 is 1.26 bits per heavy atom. The van der Waals surface area contributed by atoms with Gasteiger partial charge in [-0.1, -0.05) is 24.1 Å². The van der Waals surface area contributed by atoms with Crippen molar-refractivity contribution in [2.24, 2.45) is 5.73 Å². The van der Waals surface area contributed by atoms with E-state index in [2.05, 4.69) is 4.72 Å². The molecule has 0 aliphatic heterocycles. The number of hydrogen-bond donors (Lipinski definition) is 2. The molecule has 0 heterocycles. The van der Waals surface area contributed by atoms with Crippen LogP contribution in [0.5, 0.6) is 0 Å². The SMILES string of the molecule is CCOC(=O)[C@@H](N)CCCCNS(=O)(=O)c1ccc(C)cc1.Cl. The Kier molecular flexibility index (Phi) is 10.1. The summed E-state index contributed by atoms with van der Waals surface area (Å²) in [6.45, 7) is 4.25. The molecule has 0 bridgehead atoms. The predicted octanol–water partition coefficient (Wildman–Crippen LogP) is 1.76. The first-order valence-electron chi connectivity index (χ1n) is 7.35. The molecule has 23 heavy (non-hydrogen) atoms. The molecule has 0 radical (unpaired) electrons. The summed E-state index contributed by atoms with van der Waals surface area (Å²) in [5, 5.41) is 0. The Balaban J connectivity index is 0.00000484. The largest absolute Gasteiger partial charge is 0.465 e. The van der Waals surface area contributed by atoms with Crippen LogP contribution in [0.3, 0.4) is 0 Å². The van der Waals surface area contributed by atoms with E-state index in [1.807, 2.05) is 6.92 Å². The molecule has 1 aromatic rings. The lowest BCUT2D eigenvalue weighted by molar-refractivity contribution is -0.144. The highest BCUT2D eigenvalue weighted by atomic mass is 35.5. The van der Waals surface area contributed by atoms with Crippen LogP contribution in [0.15, 0.2) is 29.2 Å². The first-order chi connectivity index (χ1) is 10.4. The highest BCUT2D eigenvalue weighted by Gasteiger charge is 2.15. The van der Waals surface area contributed by atoms with E-state index in [0.717, 1.165) is 5.56 Å². The Bertz CT molecular complexity index is 576. The minimum Gasteiger partial charge on any atom is -0.465 e. The van der Waals surface area contributed by atoms with Crippen LogP contribution in [-0.2, 0) is 19.6 Å². The first kappa shape index (κ1) is 21.9. The van der Waals surface area contributed by atoms with Crippen LogP contribution < -0.4 is 10.5 Å². The fourth-order valence-electron chi connectivity index (χ4n) is 1.86. The minimum absolute atomic E-state index is 0. The third-order valence-corrected chi connectivity index (χ3v) is 4.63. The van der Waals surface area contributed by atoms with Gasteiger partial charge in [-0.25, -0.2) is 13.1 Å².